The van der Waals surface area contributed by atoms with E-state index in [0.717, 1.165) is 24.2 Å². The van der Waals surface area contributed by atoms with E-state index in [-0.39, 0.29) is 5.78 Å². The Bertz CT molecular complexity index is 649. The van der Waals surface area contributed by atoms with E-state index in [1.165, 1.54) is 16.8 Å². The van der Waals surface area contributed by atoms with E-state index in [0.29, 0.717) is 6.54 Å². The molecule has 1 aliphatic heterocycles. The third-order valence-corrected chi connectivity index (χ3v) is 3.60. The van der Waals surface area contributed by atoms with Gasteiger partial charge >= 0.3 is 0 Å². The molecule has 0 radical (unpaired) electrons. The van der Waals surface area contributed by atoms with E-state index < -0.39 is 0 Å². The molecule has 0 fully saturated rings. The summed E-state index contributed by atoms with van der Waals surface area (Å²) < 4.78 is 0. The van der Waals surface area contributed by atoms with Crippen LogP contribution in [0.25, 0.3) is 0 Å². The Morgan fingerprint density at radius 3 is 2.65 bits per heavy atom. The summed E-state index contributed by atoms with van der Waals surface area (Å²) in [6, 6.07) is 14.7. The maximum absolute atomic E-state index is 11.0. The first-order valence-electron chi connectivity index (χ1n) is 6.93. The van der Waals surface area contributed by atoms with Gasteiger partial charge in [0.2, 0.25) is 0 Å². The van der Waals surface area contributed by atoms with Crippen molar-refractivity contribution in [2.24, 2.45) is 0 Å². The highest BCUT2D eigenvalue weighted by Crippen LogP contribution is 2.31. The monoisotopic (exact) mass is 266 g/mol. The van der Waals surface area contributed by atoms with Crippen LogP contribution in [-0.4, -0.2) is 12.3 Å². The number of hydrogen-bond donors (Lipinski definition) is 2. The van der Waals surface area contributed by atoms with Gasteiger partial charge in [0.15, 0.2) is 0 Å². The highest BCUT2D eigenvalue weighted by molar-refractivity contribution is 5.81. The molecule has 0 saturated carbocycles. The van der Waals surface area contributed by atoms with Crippen molar-refractivity contribution >= 4 is 22.8 Å². The van der Waals surface area contributed by atoms with Gasteiger partial charge in [-0.15, -0.1) is 0 Å². The van der Waals surface area contributed by atoms with Crippen LogP contribution in [0, 0.1) is 0 Å². The van der Waals surface area contributed by atoms with Gasteiger partial charge in [-0.2, -0.15) is 0 Å². The summed E-state index contributed by atoms with van der Waals surface area (Å²) in [5.41, 5.74) is 5.95. The maximum Gasteiger partial charge on any atom is 0.148 e. The van der Waals surface area contributed by atoms with Gasteiger partial charge in [0.1, 0.15) is 5.78 Å². The first-order chi connectivity index (χ1) is 9.72. The minimum Gasteiger partial charge on any atom is -0.378 e. The SMILES string of the molecule is CC(=O)CNc1ccc2c(c1)Nc1ccccc1CC2. The number of carbonyl (C=O) groups is 1. The van der Waals surface area contributed by atoms with Crippen LogP contribution in [0.15, 0.2) is 42.5 Å². The number of ketones is 1. The zero-order valence-electron chi connectivity index (χ0n) is 11.6. The summed E-state index contributed by atoms with van der Waals surface area (Å²) in [6.07, 6.45) is 2.09. The first kappa shape index (κ1) is 12.7. The van der Waals surface area contributed by atoms with Crippen molar-refractivity contribution in [1.82, 2.24) is 0 Å². The van der Waals surface area contributed by atoms with E-state index in [4.69, 9.17) is 0 Å². The number of para-hydroxylation sites is 1. The number of aryl methyl sites for hydroxylation is 2. The lowest BCUT2D eigenvalue weighted by Crippen LogP contribution is -2.10. The topological polar surface area (TPSA) is 41.1 Å². The predicted octanol–water partition coefficient (Wildman–Crippen LogP) is 3.53. The molecule has 2 N–H and O–H groups in total. The normalized spacial score (nSPS) is 12.7. The quantitative estimate of drug-likeness (QED) is 0.893. The molecule has 0 spiro atoms. The van der Waals surface area contributed by atoms with Gasteiger partial charge in [0.25, 0.3) is 0 Å². The molecule has 0 aromatic heterocycles. The molecule has 2 aromatic rings. The van der Waals surface area contributed by atoms with Gasteiger partial charge < -0.3 is 10.6 Å². The fourth-order valence-electron chi connectivity index (χ4n) is 2.52. The molecule has 20 heavy (non-hydrogen) atoms. The largest absolute Gasteiger partial charge is 0.378 e. The molecule has 0 amide bonds. The summed E-state index contributed by atoms with van der Waals surface area (Å²) in [5.74, 6) is 0.137. The Morgan fingerprint density at radius 1 is 1.10 bits per heavy atom. The highest BCUT2D eigenvalue weighted by Gasteiger charge is 2.12. The molecule has 0 aliphatic carbocycles. The fraction of sp³-hybridized carbons (Fsp3) is 0.235. The van der Waals surface area contributed by atoms with Gasteiger partial charge in [-0.3, -0.25) is 4.79 Å². The zero-order valence-corrected chi connectivity index (χ0v) is 11.6. The Balaban J connectivity index is 1.88. The third kappa shape index (κ3) is 2.67. The van der Waals surface area contributed by atoms with E-state index in [1.807, 2.05) is 6.07 Å². The summed E-state index contributed by atoms with van der Waals surface area (Å²) >= 11 is 0. The second kappa shape index (κ2) is 5.37. The van der Waals surface area contributed by atoms with Crippen LogP contribution in [-0.2, 0) is 17.6 Å². The Morgan fingerprint density at radius 2 is 1.85 bits per heavy atom. The average molecular weight is 266 g/mol. The Kier molecular flexibility index (Phi) is 3.42. The van der Waals surface area contributed by atoms with E-state index in [9.17, 15) is 4.79 Å². The van der Waals surface area contributed by atoms with E-state index in [1.54, 1.807) is 6.92 Å². The molecule has 2 aromatic carbocycles. The predicted molar refractivity (Wildman–Crippen MR) is 82.7 cm³/mol. The number of benzene rings is 2. The number of anilines is 3. The van der Waals surface area contributed by atoms with Crippen LogP contribution in [0.1, 0.15) is 18.1 Å². The molecule has 0 unspecified atom stereocenters. The lowest BCUT2D eigenvalue weighted by atomic mass is 10.0. The van der Waals surface area contributed by atoms with Crippen LogP contribution < -0.4 is 10.6 Å². The van der Waals surface area contributed by atoms with Crippen molar-refractivity contribution in [1.29, 1.82) is 0 Å². The number of rotatable bonds is 3. The number of fused-ring (bicyclic) bond motifs is 2. The second-order valence-corrected chi connectivity index (χ2v) is 5.21. The molecule has 0 bridgehead atoms. The first-order valence-corrected chi connectivity index (χ1v) is 6.93. The van der Waals surface area contributed by atoms with Gasteiger partial charge in [-0.25, -0.2) is 0 Å². The summed E-state index contributed by atoms with van der Waals surface area (Å²) in [4.78, 5) is 11.0. The molecule has 102 valence electrons. The van der Waals surface area contributed by atoms with Crippen LogP contribution in [0.4, 0.5) is 17.1 Å². The number of carbonyl (C=O) groups excluding carboxylic acids is 1. The highest BCUT2D eigenvalue weighted by atomic mass is 16.1. The summed E-state index contributed by atoms with van der Waals surface area (Å²) in [7, 11) is 0. The second-order valence-electron chi connectivity index (χ2n) is 5.21. The number of hydrogen-bond acceptors (Lipinski definition) is 3. The number of nitrogens with one attached hydrogen (secondary N) is 2. The molecule has 0 atom stereocenters. The Hall–Kier alpha value is -2.29. The molecule has 3 nitrogen and oxygen atoms in total. The summed E-state index contributed by atoms with van der Waals surface area (Å²) in [6.45, 7) is 1.96. The van der Waals surface area contributed by atoms with Gasteiger partial charge in [-0.1, -0.05) is 24.3 Å². The van der Waals surface area contributed by atoms with Crippen molar-refractivity contribution in [3.05, 3.63) is 53.6 Å². The maximum atomic E-state index is 11.0. The minimum atomic E-state index is 0.137. The van der Waals surface area contributed by atoms with Gasteiger partial charge in [0.05, 0.1) is 6.54 Å². The van der Waals surface area contributed by atoms with Crippen molar-refractivity contribution < 1.29 is 4.79 Å². The zero-order chi connectivity index (χ0) is 13.9. The van der Waals surface area contributed by atoms with Crippen LogP contribution >= 0.6 is 0 Å². The lowest BCUT2D eigenvalue weighted by molar-refractivity contribution is -0.115. The molecule has 1 heterocycles. The minimum absolute atomic E-state index is 0.137. The molecule has 3 rings (SSSR count). The molecule has 0 saturated heterocycles. The van der Waals surface area contributed by atoms with Crippen molar-refractivity contribution in [3.8, 4) is 0 Å². The van der Waals surface area contributed by atoms with Gasteiger partial charge in [-0.05, 0) is 49.1 Å². The van der Waals surface area contributed by atoms with Gasteiger partial charge in [0, 0.05) is 17.1 Å². The van der Waals surface area contributed by atoms with E-state index in [2.05, 4.69) is 47.0 Å². The van der Waals surface area contributed by atoms with Crippen LogP contribution in [0.3, 0.4) is 0 Å². The summed E-state index contributed by atoms with van der Waals surface area (Å²) in [5, 5.41) is 6.66. The van der Waals surface area contributed by atoms with Crippen molar-refractivity contribution in [3.63, 3.8) is 0 Å². The third-order valence-electron chi connectivity index (χ3n) is 3.60. The lowest BCUT2D eigenvalue weighted by Gasteiger charge is -2.12. The molecule has 3 heteroatoms. The average Bonchev–Trinajstić information content (AvgIpc) is 2.63. The molecular formula is C17H18N2O. The van der Waals surface area contributed by atoms with Crippen molar-refractivity contribution in [2.75, 3.05) is 17.2 Å². The van der Waals surface area contributed by atoms with Crippen molar-refractivity contribution in [2.45, 2.75) is 19.8 Å². The Labute approximate surface area is 119 Å². The smallest absolute Gasteiger partial charge is 0.148 e. The van der Waals surface area contributed by atoms with E-state index >= 15 is 0 Å². The molecular weight excluding hydrogens is 248 g/mol. The standard InChI is InChI=1S/C17H18N2O/c1-12(20)11-18-15-9-8-14-7-6-13-4-2-3-5-16(13)19-17(14)10-15/h2-5,8-10,18-19H,6-7,11H2,1H3. The molecule has 1 aliphatic rings. The van der Waals surface area contributed by atoms with Crippen LogP contribution in [0.5, 0.6) is 0 Å². The van der Waals surface area contributed by atoms with Crippen LogP contribution in [0.2, 0.25) is 0 Å². The fourth-order valence-corrected chi connectivity index (χ4v) is 2.52. The number of Topliss-reactive ketones (excluding diaryl/α,β-unsaturated/α-hetero) is 1.